The molecule has 1 aromatic heterocycles. The van der Waals surface area contributed by atoms with E-state index in [4.69, 9.17) is 16.3 Å². The Kier molecular flexibility index (Phi) is 8.75. The molecule has 0 atom stereocenters. The molecule has 164 valence electrons. The van der Waals surface area contributed by atoms with Crippen LogP contribution in [0.4, 0.5) is 0 Å². The minimum Gasteiger partial charge on any atom is -0.438 e. The second-order valence-corrected chi connectivity index (χ2v) is 7.34. The number of aldehydes is 1. The summed E-state index contributed by atoms with van der Waals surface area (Å²) in [6.07, 6.45) is 3.14. The Bertz CT molecular complexity index is 1160. The van der Waals surface area contributed by atoms with E-state index in [0.29, 0.717) is 11.4 Å². The standard InChI is InChI=1S/C25H21ClN2O2.CH5N/c26-23-8-4-1-5-19(23)13-14-27-16-20-10-11-24(22-7-3-2-6-21(20)22)30-25-12-9-18(17-29)15-28-25;1-2/h1-12,15,17,27H,13-14,16H2;2H2,1H3. The van der Waals surface area contributed by atoms with E-state index in [1.165, 1.54) is 18.8 Å². The molecule has 3 N–H and O–H groups in total. The number of nitrogens with zero attached hydrogens (tertiary/aromatic N) is 1. The van der Waals surface area contributed by atoms with Crippen molar-refractivity contribution in [2.24, 2.45) is 5.73 Å². The predicted octanol–water partition coefficient (Wildman–Crippen LogP) is 5.40. The third-order valence-corrected chi connectivity index (χ3v) is 5.30. The van der Waals surface area contributed by atoms with Gasteiger partial charge < -0.3 is 15.8 Å². The number of pyridine rings is 1. The monoisotopic (exact) mass is 447 g/mol. The third-order valence-electron chi connectivity index (χ3n) is 4.93. The number of nitrogens with two attached hydrogens (primary N) is 1. The van der Waals surface area contributed by atoms with Crippen LogP contribution in [0.3, 0.4) is 0 Å². The lowest BCUT2D eigenvalue weighted by atomic mass is 10.0. The lowest BCUT2D eigenvalue weighted by molar-refractivity contribution is 0.112. The Labute approximate surface area is 193 Å². The molecule has 0 aliphatic heterocycles. The van der Waals surface area contributed by atoms with Crippen LogP contribution in [0.1, 0.15) is 21.5 Å². The molecule has 4 aromatic rings. The van der Waals surface area contributed by atoms with Gasteiger partial charge in [0.05, 0.1) is 0 Å². The zero-order chi connectivity index (χ0) is 22.8. The smallest absolute Gasteiger partial charge is 0.219 e. The van der Waals surface area contributed by atoms with E-state index >= 15 is 0 Å². The Morgan fingerprint density at radius 2 is 1.69 bits per heavy atom. The summed E-state index contributed by atoms with van der Waals surface area (Å²) in [7, 11) is 1.50. The quantitative estimate of drug-likeness (QED) is 0.279. The van der Waals surface area contributed by atoms with Gasteiger partial charge >= 0.3 is 0 Å². The zero-order valence-corrected chi connectivity index (χ0v) is 18.7. The molecule has 4 rings (SSSR count). The highest BCUT2D eigenvalue weighted by atomic mass is 35.5. The van der Waals surface area contributed by atoms with Crippen molar-refractivity contribution in [3.63, 3.8) is 0 Å². The number of carbonyl (C=O) groups is 1. The van der Waals surface area contributed by atoms with Crippen LogP contribution in [-0.2, 0) is 13.0 Å². The number of nitrogens with one attached hydrogen (secondary N) is 1. The van der Waals surface area contributed by atoms with Crippen molar-refractivity contribution in [3.05, 3.63) is 101 Å². The number of ether oxygens (including phenoxy) is 1. The minimum absolute atomic E-state index is 0.455. The largest absolute Gasteiger partial charge is 0.438 e. The second-order valence-electron chi connectivity index (χ2n) is 6.94. The number of benzene rings is 3. The first-order valence-electron chi connectivity index (χ1n) is 10.4. The van der Waals surface area contributed by atoms with Crippen molar-refractivity contribution in [3.8, 4) is 11.6 Å². The van der Waals surface area contributed by atoms with Crippen molar-refractivity contribution in [2.75, 3.05) is 13.6 Å². The number of aromatic nitrogens is 1. The Morgan fingerprint density at radius 3 is 2.41 bits per heavy atom. The molecule has 0 fully saturated rings. The fraction of sp³-hybridized carbons (Fsp3) is 0.154. The maximum Gasteiger partial charge on any atom is 0.219 e. The van der Waals surface area contributed by atoms with Crippen molar-refractivity contribution in [2.45, 2.75) is 13.0 Å². The maximum atomic E-state index is 10.8. The molecule has 0 aliphatic carbocycles. The molecule has 6 heteroatoms. The van der Waals surface area contributed by atoms with Gasteiger partial charge in [0.2, 0.25) is 5.88 Å². The van der Waals surface area contributed by atoms with E-state index < -0.39 is 0 Å². The van der Waals surface area contributed by atoms with Gasteiger partial charge in [-0.25, -0.2) is 4.98 Å². The highest BCUT2D eigenvalue weighted by Crippen LogP contribution is 2.31. The van der Waals surface area contributed by atoms with Gasteiger partial charge in [-0.2, -0.15) is 0 Å². The summed E-state index contributed by atoms with van der Waals surface area (Å²) in [5, 5.41) is 6.46. The van der Waals surface area contributed by atoms with E-state index in [1.807, 2.05) is 42.5 Å². The second kappa shape index (κ2) is 12.0. The molecule has 5 nitrogen and oxygen atoms in total. The molecule has 0 amide bonds. The van der Waals surface area contributed by atoms with Gasteiger partial charge in [0.1, 0.15) is 5.75 Å². The minimum atomic E-state index is 0.455. The molecule has 32 heavy (non-hydrogen) atoms. The van der Waals surface area contributed by atoms with Crippen LogP contribution in [0.15, 0.2) is 79.0 Å². The van der Waals surface area contributed by atoms with Crippen molar-refractivity contribution >= 4 is 28.7 Å². The van der Waals surface area contributed by atoms with Gasteiger partial charge in [-0.15, -0.1) is 0 Å². The molecule has 0 saturated carbocycles. The molecule has 0 saturated heterocycles. The van der Waals surface area contributed by atoms with E-state index in [-0.39, 0.29) is 0 Å². The Morgan fingerprint density at radius 1 is 0.938 bits per heavy atom. The van der Waals surface area contributed by atoms with Gasteiger partial charge in [-0.3, -0.25) is 4.79 Å². The summed E-state index contributed by atoms with van der Waals surface area (Å²) in [4.78, 5) is 15.0. The summed E-state index contributed by atoms with van der Waals surface area (Å²) in [5.41, 5.74) is 7.36. The van der Waals surface area contributed by atoms with E-state index in [2.05, 4.69) is 34.2 Å². The van der Waals surface area contributed by atoms with Crippen LogP contribution in [0.2, 0.25) is 5.02 Å². The van der Waals surface area contributed by atoms with Gasteiger partial charge in [0.15, 0.2) is 6.29 Å². The number of fused-ring (bicyclic) bond motifs is 1. The van der Waals surface area contributed by atoms with Gasteiger partial charge in [0, 0.05) is 34.8 Å². The number of rotatable bonds is 8. The molecule has 0 bridgehead atoms. The number of hydrogen-bond acceptors (Lipinski definition) is 5. The zero-order valence-electron chi connectivity index (χ0n) is 17.9. The number of hydrogen-bond donors (Lipinski definition) is 2. The van der Waals surface area contributed by atoms with Gasteiger partial charge in [0.25, 0.3) is 0 Å². The highest BCUT2D eigenvalue weighted by molar-refractivity contribution is 6.31. The van der Waals surface area contributed by atoms with Crippen LogP contribution in [0.5, 0.6) is 11.6 Å². The van der Waals surface area contributed by atoms with Crippen LogP contribution in [0, 0.1) is 0 Å². The van der Waals surface area contributed by atoms with E-state index in [1.54, 1.807) is 12.1 Å². The Hall–Kier alpha value is -3.25. The van der Waals surface area contributed by atoms with Gasteiger partial charge in [-0.1, -0.05) is 60.1 Å². The van der Waals surface area contributed by atoms with E-state index in [0.717, 1.165) is 52.9 Å². The first-order valence-corrected chi connectivity index (χ1v) is 10.7. The fourth-order valence-electron chi connectivity index (χ4n) is 3.36. The fourth-order valence-corrected chi connectivity index (χ4v) is 3.59. The maximum absolute atomic E-state index is 10.8. The van der Waals surface area contributed by atoms with Crippen molar-refractivity contribution < 1.29 is 9.53 Å². The average Bonchev–Trinajstić information content (AvgIpc) is 2.85. The number of halogens is 1. The first kappa shape index (κ1) is 23.4. The summed E-state index contributed by atoms with van der Waals surface area (Å²) >= 11 is 6.24. The first-order chi connectivity index (χ1) is 15.7. The average molecular weight is 448 g/mol. The molecular weight excluding hydrogens is 422 g/mol. The Balaban J connectivity index is 0.00000141. The van der Waals surface area contributed by atoms with Crippen LogP contribution in [0.25, 0.3) is 10.8 Å². The normalized spacial score (nSPS) is 10.3. The lowest BCUT2D eigenvalue weighted by Crippen LogP contribution is -2.17. The van der Waals surface area contributed by atoms with Crippen LogP contribution < -0.4 is 15.8 Å². The van der Waals surface area contributed by atoms with Crippen molar-refractivity contribution in [1.82, 2.24) is 10.3 Å². The summed E-state index contributed by atoms with van der Waals surface area (Å²) in [6, 6.07) is 23.5. The van der Waals surface area contributed by atoms with Gasteiger partial charge in [-0.05, 0) is 54.7 Å². The van der Waals surface area contributed by atoms with Crippen molar-refractivity contribution in [1.29, 1.82) is 0 Å². The van der Waals surface area contributed by atoms with Crippen LogP contribution >= 0.6 is 11.6 Å². The summed E-state index contributed by atoms with van der Waals surface area (Å²) in [6.45, 7) is 1.58. The summed E-state index contributed by atoms with van der Waals surface area (Å²) < 4.78 is 5.98. The molecule has 0 radical (unpaired) electrons. The van der Waals surface area contributed by atoms with Crippen LogP contribution in [-0.4, -0.2) is 24.9 Å². The number of carbonyl (C=O) groups excluding carboxylic acids is 1. The topological polar surface area (TPSA) is 77.2 Å². The molecule has 0 unspecified atom stereocenters. The SMILES string of the molecule is CN.O=Cc1ccc(Oc2ccc(CNCCc3ccccc3Cl)c3ccccc23)nc1. The summed E-state index contributed by atoms with van der Waals surface area (Å²) in [5.74, 6) is 1.19. The highest BCUT2D eigenvalue weighted by Gasteiger charge is 2.09. The molecular formula is C26H26ClN3O2. The molecule has 0 aliphatic rings. The molecule has 3 aromatic carbocycles. The van der Waals surface area contributed by atoms with E-state index in [9.17, 15) is 4.79 Å². The molecule has 1 heterocycles. The predicted molar refractivity (Wildman–Crippen MR) is 131 cm³/mol. The third kappa shape index (κ3) is 5.92. The molecule has 0 spiro atoms. The lowest BCUT2D eigenvalue weighted by Gasteiger charge is -2.13.